The quantitative estimate of drug-likeness (QED) is 0.331. The van der Waals surface area contributed by atoms with Gasteiger partial charge in [-0.3, -0.25) is 4.90 Å². The Labute approximate surface area is 121 Å². The van der Waals surface area contributed by atoms with E-state index in [0.717, 1.165) is 12.1 Å². The summed E-state index contributed by atoms with van der Waals surface area (Å²) in [5.41, 5.74) is 6.88. The molecule has 0 aliphatic rings. The highest BCUT2D eigenvalue weighted by Crippen LogP contribution is 2.26. The van der Waals surface area contributed by atoms with Crippen LogP contribution in [0, 0.1) is 0 Å². The lowest BCUT2D eigenvalue weighted by atomic mass is 10.00. The van der Waals surface area contributed by atoms with Gasteiger partial charge < -0.3 is 15.7 Å². The summed E-state index contributed by atoms with van der Waals surface area (Å²) in [4.78, 5) is 2.30. The molecule has 0 spiro atoms. The number of methoxy groups -OCH3 is 1. The van der Waals surface area contributed by atoms with Crippen LogP contribution in [0.2, 0.25) is 0 Å². The molecular weight excluding hydrogens is 254 g/mol. The average Bonchev–Trinajstić information content (AvgIpc) is 2.46. The molecule has 0 saturated heterocycles. The molecule has 0 heterocycles. The molecule has 0 bridgehead atoms. The smallest absolute Gasteiger partial charge is 0.141 e. The zero-order chi connectivity index (χ0) is 15.0. The second-order valence-corrected chi connectivity index (χ2v) is 5.05. The van der Waals surface area contributed by atoms with Crippen molar-refractivity contribution in [2.75, 3.05) is 20.3 Å². The van der Waals surface area contributed by atoms with E-state index in [1.54, 1.807) is 7.11 Å². The van der Waals surface area contributed by atoms with Crippen molar-refractivity contribution < 1.29 is 9.94 Å². The number of benzene rings is 1. The van der Waals surface area contributed by atoms with Crippen molar-refractivity contribution in [1.29, 1.82) is 0 Å². The maximum Gasteiger partial charge on any atom is 0.141 e. The number of rotatable bonds is 8. The van der Waals surface area contributed by atoms with Gasteiger partial charge in [-0.25, -0.2) is 0 Å². The molecule has 0 aliphatic carbocycles. The summed E-state index contributed by atoms with van der Waals surface area (Å²) in [6.07, 6.45) is 0.488. The predicted molar refractivity (Wildman–Crippen MR) is 80.9 cm³/mol. The summed E-state index contributed by atoms with van der Waals surface area (Å²) in [6, 6.07) is 10.5. The molecule has 0 amide bonds. The van der Waals surface area contributed by atoms with Crippen molar-refractivity contribution >= 4 is 5.84 Å². The van der Waals surface area contributed by atoms with E-state index in [2.05, 4.69) is 36.0 Å². The van der Waals surface area contributed by atoms with E-state index >= 15 is 0 Å². The maximum absolute atomic E-state index is 8.85. The number of hydrogen-bond acceptors (Lipinski definition) is 4. The Kier molecular flexibility index (Phi) is 7.04. The summed E-state index contributed by atoms with van der Waals surface area (Å²) in [7, 11) is 1.69. The van der Waals surface area contributed by atoms with Crippen LogP contribution in [0.25, 0.3) is 0 Å². The van der Waals surface area contributed by atoms with Crippen molar-refractivity contribution in [1.82, 2.24) is 4.90 Å². The Balaban J connectivity index is 3.00. The number of hydrogen-bond donors (Lipinski definition) is 2. The van der Waals surface area contributed by atoms with Gasteiger partial charge in [0.05, 0.1) is 6.61 Å². The van der Waals surface area contributed by atoms with Crippen LogP contribution in [0.15, 0.2) is 35.5 Å². The lowest BCUT2D eigenvalue weighted by Crippen LogP contribution is -2.39. The van der Waals surface area contributed by atoms with Crippen LogP contribution in [-0.2, 0) is 4.74 Å². The highest BCUT2D eigenvalue weighted by atomic mass is 16.5. The largest absolute Gasteiger partial charge is 0.409 e. The van der Waals surface area contributed by atoms with Crippen molar-refractivity contribution in [3.63, 3.8) is 0 Å². The number of ether oxygens (including phenoxy) is 1. The SMILES string of the molecule is COCCN(C(C)C)C(C/C(N)=N/O)c1ccccc1. The van der Waals surface area contributed by atoms with Crippen LogP contribution in [0.1, 0.15) is 31.9 Å². The molecule has 1 aromatic rings. The van der Waals surface area contributed by atoms with Gasteiger partial charge in [0.15, 0.2) is 0 Å². The Morgan fingerprint density at radius 1 is 1.35 bits per heavy atom. The number of nitrogens with zero attached hydrogens (tertiary/aromatic N) is 2. The minimum absolute atomic E-state index is 0.0715. The molecule has 1 unspecified atom stereocenters. The lowest BCUT2D eigenvalue weighted by molar-refractivity contribution is 0.0971. The van der Waals surface area contributed by atoms with Gasteiger partial charge in [-0.15, -0.1) is 0 Å². The molecular formula is C15H25N3O2. The normalized spacial score (nSPS) is 13.9. The minimum Gasteiger partial charge on any atom is -0.409 e. The van der Waals surface area contributed by atoms with Gasteiger partial charge in [0.25, 0.3) is 0 Å². The Bertz CT molecular complexity index is 407. The van der Waals surface area contributed by atoms with E-state index < -0.39 is 0 Å². The molecule has 0 saturated carbocycles. The summed E-state index contributed by atoms with van der Waals surface area (Å²) < 4.78 is 5.19. The van der Waals surface area contributed by atoms with Crippen LogP contribution < -0.4 is 5.73 Å². The molecule has 0 fully saturated rings. The third-order valence-corrected chi connectivity index (χ3v) is 3.33. The van der Waals surface area contributed by atoms with E-state index in [1.165, 1.54) is 0 Å². The lowest BCUT2D eigenvalue weighted by Gasteiger charge is -2.35. The second-order valence-electron chi connectivity index (χ2n) is 5.05. The van der Waals surface area contributed by atoms with E-state index in [0.29, 0.717) is 19.1 Å². The first-order chi connectivity index (χ1) is 9.60. The highest BCUT2D eigenvalue weighted by molar-refractivity contribution is 5.80. The van der Waals surface area contributed by atoms with Crippen LogP contribution in [0.3, 0.4) is 0 Å². The second kappa shape index (κ2) is 8.55. The Hall–Kier alpha value is -1.59. The van der Waals surface area contributed by atoms with Crippen molar-refractivity contribution in [2.24, 2.45) is 10.9 Å². The topological polar surface area (TPSA) is 71.1 Å². The molecule has 1 aromatic carbocycles. The van der Waals surface area contributed by atoms with Crippen molar-refractivity contribution in [2.45, 2.75) is 32.4 Å². The molecule has 5 heteroatoms. The van der Waals surface area contributed by atoms with E-state index in [9.17, 15) is 0 Å². The fraction of sp³-hybridized carbons (Fsp3) is 0.533. The first kappa shape index (κ1) is 16.5. The van der Waals surface area contributed by atoms with Crippen LogP contribution in [-0.4, -0.2) is 42.2 Å². The van der Waals surface area contributed by atoms with Gasteiger partial charge in [-0.05, 0) is 19.4 Å². The molecule has 1 rings (SSSR count). The van der Waals surface area contributed by atoms with Gasteiger partial charge in [0.1, 0.15) is 5.84 Å². The molecule has 0 aliphatic heterocycles. The highest BCUT2D eigenvalue weighted by Gasteiger charge is 2.23. The first-order valence-electron chi connectivity index (χ1n) is 6.86. The summed E-state index contributed by atoms with van der Waals surface area (Å²) >= 11 is 0. The third-order valence-electron chi connectivity index (χ3n) is 3.33. The zero-order valence-corrected chi connectivity index (χ0v) is 12.5. The fourth-order valence-corrected chi connectivity index (χ4v) is 2.31. The van der Waals surface area contributed by atoms with Gasteiger partial charge in [0.2, 0.25) is 0 Å². The standard InChI is InChI=1S/C15H25N3O2/c1-12(2)18(9-10-20-3)14(11-15(16)17-19)13-7-5-4-6-8-13/h4-8,12,14,19H,9-11H2,1-3H3,(H2,16,17). The van der Waals surface area contributed by atoms with E-state index in [4.69, 9.17) is 15.7 Å². The third kappa shape index (κ3) is 4.83. The number of amidine groups is 1. The van der Waals surface area contributed by atoms with Gasteiger partial charge in [-0.1, -0.05) is 35.5 Å². The molecule has 1 atom stereocenters. The van der Waals surface area contributed by atoms with E-state index in [-0.39, 0.29) is 11.9 Å². The number of oxime groups is 1. The number of nitrogens with two attached hydrogens (primary N) is 1. The monoisotopic (exact) mass is 279 g/mol. The average molecular weight is 279 g/mol. The zero-order valence-electron chi connectivity index (χ0n) is 12.5. The molecule has 0 radical (unpaired) electrons. The minimum atomic E-state index is 0.0715. The summed E-state index contributed by atoms with van der Waals surface area (Å²) in [5, 5.41) is 12.0. The molecule has 20 heavy (non-hydrogen) atoms. The van der Waals surface area contributed by atoms with Gasteiger partial charge >= 0.3 is 0 Å². The van der Waals surface area contributed by atoms with Crippen LogP contribution in [0.5, 0.6) is 0 Å². The Morgan fingerprint density at radius 2 is 2.00 bits per heavy atom. The van der Waals surface area contributed by atoms with Crippen molar-refractivity contribution in [3.8, 4) is 0 Å². The first-order valence-corrected chi connectivity index (χ1v) is 6.86. The Morgan fingerprint density at radius 3 is 2.50 bits per heavy atom. The van der Waals surface area contributed by atoms with E-state index in [1.807, 2.05) is 18.2 Å². The van der Waals surface area contributed by atoms with Crippen LogP contribution in [0.4, 0.5) is 0 Å². The summed E-state index contributed by atoms with van der Waals surface area (Å²) in [5.74, 6) is 0.238. The summed E-state index contributed by atoms with van der Waals surface area (Å²) in [6.45, 7) is 5.72. The van der Waals surface area contributed by atoms with Gasteiger partial charge in [0, 0.05) is 32.2 Å². The van der Waals surface area contributed by atoms with Crippen molar-refractivity contribution in [3.05, 3.63) is 35.9 Å². The molecule has 112 valence electrons. The molecule has 0 aromatic heterocycles. The molecule has 3 N–H and O–H groups in total. The van der Waals surface area contributed by atoms with Gasteiger partial charge in [-0.2, -0.15) is 0 Å². The predicted octanol–water partition coefficient (Wildman–Crippen LogP) is 2.22. The fourth-order valence-electron chi connectivity index (χ4n) is 2.31. The van der Waals surface area contributed by atoms with Crippen LogP contribution >= 0.6 is 0 Å². The maximum atomic E-state index is 8.85. The molecule has 5 nitrogen and oxygen atoms in total.